The van der Waals surface area contributed by atoms with Crippen LogP contribution in [0.4, 0.5) is 0 Å². The number of hydrogen-bond acceptors (Lipinski definition) is 4. The normalized spacial score (nSPS) is 19.9. The van der Waals surface area contributed by atoms with Crippen molar-refractivity contribution >= 4 is 11.8 Å². The van der Waals surface area contributed by atoms with E-state index in [1.54, 1.807) is 7.11 Å². The van der Waals surface area contributed by atoms with Gasteiger partial charge in [-0.3, -0.25) is 9.59 Å². The maximum absolute atomic E-state index is 11.8. The Morgan fingerprint density at radius 2 is 1.88 bits per heavy atom. The molecule has 1 fully saturated rings. The van der Waals surface area contributed by atoms with Gasteiger partial charge in [-0.2, -0.15) is 0 Å². The van der Waals surface area contributed by atoms with Gasteiger partial charge in [0.2, 0.25) is 11.8 Å². The van der Waals surface area contributed by atoms with Crippen molar-refractivity contribution in [1.29, 1.82) is 0 Å². The standard InChI is InChI=1S/C19H28N2O4/c1-14-4-3-5-17(10-14)25-13-19(23)21-12-18(22)20-11-15-6-8-16(24-2)9-7-15/h6-9,14,17H,3-5,10-13H2,1-2H3,(H,20,22)(H,21,23). The predicted molar refractivity (Wildman–Crippen MR) is 95.2 cm³/mol. The van der Waals surface area contributed by atoms with E-state index in [0.717, 1.165) is 30.6 Å². The second-order valence-corrected chi connectivity index (χ2v) is 6.61. The molecule has 2 atom stereocenters. The lowest BCUT2D eigenvalue weighted by Gasteiger charge is -2.26. The minimum Gasteiger partial charge on any atom is -0.497 e. The highest BCUT2D eigenvalue weighted by Crippen LogP contribution is 2.25. The molecule has 0 bridgehead atoms. The SMILES string of the molecule is COc1ccc(CNC(=O)CNC(=O)COC2CCCC(C)C2)cc1. The average molecular weight is 348 g/mol. The number of rotatable bonds is 8. The summed E-state index contributed by atoms with van der Waals surface area (Å²) in [4.78, 5) is 23.6. The highest BCUT2D eigenvalue weighted by atomic mass is 16.5. The first kappa shape index (κ1) is 19.2. The van der Waals surface area contributed by atoms with Crippen LogP contribution in [0.15, 0.2) is 24.3 Å². The van der Waals surface area contributed by atoms with Gasteiger partial charge in [0.1, 0.15) is 12.4 Å². The summed E-state index contributed by atoms with van der Waals surface area (Å²) in [5, 5.41) is 5.36. The van der Waals surface area contributed by atoms with Gasteiger partial charge in [0.15, 0.2) is 0 Å². The molecule has 25 heavy (non-hydrogen) atoms. The van der Waals surface area contributed by atoms with Gasteiger partial charge in [-0.1, -0.05) is 31.9 Å². The van der Waals surface area contributed by atoms with Crippen LogP contribution in [0.1, 0.15) is 38.2 Å². The molecule has 0 radical (unpaired) electrons. The number of ether oxygens (including phenoxy) is 2. The number of nitrogens with one attached hydrogen (secondary N) is 2. The maximum atomic E-state index is 11.8. The molecule has 6 nitrogen and oxygen atoms in total. The molecule has 0 aromatic heterocycles. The summed E-state index contributed by atoms with van der Waals surface area (Å²) in [5.41, 5.74) is 0.968. The first-order valence-electron chi connectivity index (χ1n) is 8.84. The lowest BCUT2D eigenvalue weighted by atomic mass is 9.89. The number of amides is 2. The Morgan fingerprint density at radius 1 is 1.12 bits per heavy atom. The third-order valence-electron chi connectivity index (χ3n) is 4.43. The van der Waals surface area contributed by atoms with E-state index in [9.17, 15) is 9.59 Å². The van der Waals surface area contributed by atoms with E-state index in [-0.39, 0.29) is 31.1 Å². The van der Waals surface area contributed by atoms with Gasteiger partial charge >= 0.3 is 0 Å². The van der Waals surface area contributed by atoms with Gasteiger partial charge in [-0.25, -0.2) is 0 Å². The maximum Gasteiger partial charge on any atom is 0.246 e. The lowest BCUT2D eigenvalue weighted by Crippen LogP contribution is -2.39. The van der Waals surface area contributed by atoms with Gasteiger partial charge in [0.25, 0.3) is 0 Å². The molecule has 6 heteroatoms. The van der Waals surface area contributed by atoms with Crippen LogP contribution in [0.25, 0.3) is 0 Å². The molecule has 0 heterocycles. The molecule has 2 N–H and O–H groups in total. The Morgan fingerprint density at radius 3 is 2.56 bits per heavy atom. The van der Waals surface area contributed by atoms with Crippen LogP contribution in [-0.2, 0) is 20.9 Å². The first-order chi connectivity index (χ1) is 12.1. The molecule has 1 aromatic carbocycles. The largest absolute Gasteiger partial charge is 0.497 e. The fourth-order valence-electron chi connectivity index (χ4n) is 2.96. The number of carbonyl (C=O) groups excluding carboxylic acids is 2. The van der Waals surface area contributed by atoms with Gasteiger partial charge < -0.3 is 20.1 Å². The van der Waals surface area contributed by atoms with Crippen LogP contribution in [-0.4, -0.2) is 38.2 Å². The van der Waals surface area contributed by atoms with Crippen LogP contribution in [0.5, 0.6) is 5.75 Å². The van der Waals surface area contributed by atoms with Gasteiger partial charge in [0.05, 0.1) is 19.8 Å². The molecule has 2 rings (SSSR count). The molecule has 1 aliphatic rings. The average Bonchev–Trinajstić information content (AvgIpc) is 2.63. The van der Waals surface area contributed by atoms with Crippen LogP contribution < -0.4 is 15.4 Å². The van der Waals surface area contributed by atoms with E-state index >= 15 is 0 Å². The molecule has 0 saturated heterocycles. The summed E-state index contributed by atoms with van der Waals surface area (Å²) in [5.74, 6) is 0.952. The van der Waals surface area contributed by atoms with Crippen molar-refractivity contribution < 1.29 is 19.1 Å². The molecule has 0 aliphatic heterocycles. The highest BCUT2D eigenvalue weighted by Gasteiger charge is 2.20. The zero-order chi connectivity index (χ0) is 18.1. The molecule has 138 valence electrons. The number of benzene rings is 1. The Balaban J connectivity index is 1.59. The molecular formula is C19H28N2O4. The summed E-state index contributed by atoms with van der Waals surface area (Å²) < 4.78 is 10.7. The Bertz CT molecular complexity index is 559. The van der Waals surface area contributed by atoms with Crippen LogP contribution in [0.3, 0.4) is 0 Å². The van der Waals surface area contributed by atoms with Crippen LogP contribution in [0, 0.1) is 5.92 Å². The molecule has 1 saturated carbocycles. The van der Waals surface area contributed by atoms with Gasteiger partial charge in [0, 0.05) is 6.54 Å². The minimum absolute atomic E-state index is 0.0170. The summed E-state index contributed by atoms with van der Waals surface area (Å²) in [6.07, 6.45) is 4.58. The van der Waals surface area contributed by atoms with Crippen molar-refractivity contribution in [2.24, 2.45) is 5.92 Å². The zero-order valence-corrected chi connectivity index (χ0v) is 15.0. The van der Waals surface area contributed by atoms with Crippen molar-refractivity contribution in [3.05, 3.63) is 29.8 Å². The summed E-state index contributed by atoms with van der Waals surface area (Å²) in [7, 11) is 1.61. The fraction of sp³-hybridized carbons (Fsp3) is 0.579. The lowest BCUT2D eigenvalue weighted by molar-refractivity contribution is -0.131. The van der Waals surface area contributed by atoms with E-state index in [1.807, 2.05) is 24.3 Å². The predicted octanol–water partition coefficient (Wildman–Crippen LogP) is 2.02. The van der Waals surface area contributed by atoms with E-state index in [0.29, 0.717) is 12.5 Å². The summed E-state index contributed by atoms with van der Waals surface area (Å²) in [6.45, 7) is 2.60. The van der Waals surface area contributed by atoms with Crippen LogP contribution >= 0.6 is 0 Å². The number of methoxy groups -OCH3 is 1. The Kier molecular flexibility index (Phi) is 7.73. The first-order valence-corrected chi connectivity index (χ1v) is 8.84. The van der Waals surface area contributed by atoms with E-state index in [2.05, 4.69) is 17.6 Å². The highest BCUT2D eigenvalue weighted by molar-refractivity contribution is 5.85. The van der Waals surface area contributed by atoms with Crippen molar-refractivity contribution in [3.63, 3.8) is 0 Å². The molecule has 0 spiro atoms. The second kappa shape index (κ2) is 10.0. The van der Waals surface area contributed by atoms with E-state index in [1.165, 1.54) is 6.42 Å². The van der Waals surface area contributed by atoms with Crippen molar-refractivity contribution in [2.75, 3.05) is 20.3 Å². The third-order valence-corrected chi connectivity index (χ3v) is 4.43. The topological polar surface area (TPSA) is 76.7 Å². The van der Waals surface area contributed by atoms with E-state index in [4.69, 9.17) is 9.47 Å². The summed E-state index contributed by atoms with van der Waals surface area (Å²) in [6, 6.07) is 7.45. The van der Waals surface area contributed by atoms with Crippen molar-refractivity contribution in [3.8, 4) is 5.75 Å². The second-order valence-electron chi connectivity index (χ2n) is 6.61. The zero-order valence-electron chi connectivity index (χ0n) is 15.0. The molecular weight excluding hydrogens is 320 g/mol. The molecule has 1 aromatic rings. The number of hydrogen-bond donors (Lipinski definition) is 2. The Hall–Kier alpha value is -2.08. The van der Waals surface area contributed by atoms with Crippen molar-refractivity contribution in [2.45, 2.75) is 45.3 Å². The molecule has 1 aliphatic carbocycles. The number of carbonyl (C=O) groups is 2. The van der Waals surface area contributed by atoms with Gasteiger partial charge in [-0.05, 0) is 36.5 Å². The smallest absolute Gasteiger partial charge is 0.246 e. The third kappa shape index (κ3) is 7.13. The fourth-order valence-corrected chi connectivity index (χ4v) is 2.96. The minimum atomic E-state index is -0.252. The van der Waals surface area contributed by atoms with Gasteiger partial charge in [-0.15, -0.1) is 0 Å². The summed E-state index contributed by atoms with van der Waals surface area (Å²) >= 11 is 0. The van der Waals surface area contributed by atoms with E-state index < -0.39 is 0 Å². The quantitative estimate of drug-likeness (QED) is 0.754. The molecule has 2 amide bonds. The van der Waals surface area contributed by atoms with Crippen molar-refractivity contribution in [1.82, 2.24) is 10.6 Å². The monoisotopic (exact) mass is 348 g/mol. The Labute approximate surface area is 149 Å². The molecule has 2 unspecified atom stereocenters. The van der Waals surface area contributed by atoms with Crippen LogP contribution in [0.2, 0.25) is 0 Å².